The van der Waals surface area contributed by atoms with Crippen LogP contribution in [0.1, 0.15) is 44.6 Å². The number of aliphatic hydroxyl groups is 1. The SMILES string of the molecule is CC(CCCCCCNC(=O)OCc1ccccc1)CNCO. The lowest BCUT2D eigenvalue weighted by molar-refractivity contribution is 0.139. The Balaban J connectivity index is 1.91. The van der Waals surface area contributed by atoms with E-state index in [-0.39, 0.29) is 12.8 Å². The van der Waals surface area contributed by atoms with Crippen LogP contribution in [0.15, 0.2) is 30.3 Å². The summed E-state index contributed by atoms with van der Waals surface area (Å²) in [6.45, 7) is 4.08. The third-order valence-corrected chi connectivity index (χ3v) is 3.71. The van der Waals surface area contributed by atoms with Gasteiger partial charge in [0.15, 0.2) is 0 Å². The second-order valence-corrected chi connectivity index (χ2v) is 5.91. The Labute approximate surface area is 139 Å². The molecule has 130 valence electrons. The number of unbranched alkanes of at least 4 members (excludes halogenated alkanes) is 3. The normalized spacial score (nSPS) is 11.9. The number of benzene rings is 1. The first kappa shape index (κ1) is 19.5. The molecular weight excluding hydrogens is 292 g/mol. The van der Waals surface area contributed by atoms with E-state index in [1.54, 1.807) is 0 Å². The largest absolute Gasteiger partial charge is 0.445 e. The van der Waals surface area contributed by atoms with Gasteiger partial charge in [0, 0.05) is 6.54 Å². The molecule has 0 aliphatic heterocycles. The molecule has 1 atom stereocenters. The maximum atomic E-state index is 11.5. The standard InChI is InChI=1S/C18H30N2O3/c1-16(13-19-15-21)9-5-2-3-8-12-20-18(22)23-14-17-10-6-4-7-11-17/h4,6-7,10-11,16,19,21H,2-3,5,8-9,12-15H2,1H3,(H,20,22). The van der Waals surface area contributed by atoms with Gasteiger partial charge in [-0.25, -0.2) is 4.79 Å². The van der Waals surface area contributed by atoms with Gasteiger partial charge in [-0.05, 0) is 30.9 Å². The summed E-state index contributed by atoms with van der Waals surface area (Å²) >= 11 is 0. The Morgan fingerprint density at radius 2 is 1.91 bits per heavy atom. The number of carbonyl (C=O) groups excluding carboxylic acids is 1. The molecule has 0 aliphatic carbocycles. The Morgan fingerprint density at radius 1 is 1.17 bits per heavy atom. The zero-order valence-corrected chi connectivity index (χ0v) is 14.1. The van der Waals surface area contributed by atoms with Crippen molar-refractivity contribution in [1.29, 1.82) is 0 Å². The van der Waals surface area contributed by atoms with E-state index in [9.17, 15) is 4.79 Å². The molecule has 0 aliphatic rings. The lowest BCUT2D eigenvalue weighted by Crippen LogP contribution is -2.25. The fourth-order valence-corrected chi connectivity index (χ4v) is 2.35. The van der Waals surface area contributed by atoms with E-state index in [2.05, 4.69) is 17.6 Å². The third kappa shape index (κ3) is 10.7. The number of hydrogen-bond donors (Lipinski definition) is 3. The molecule has 5 nitrogen and oxygen atoms in total. The average molecular weight is 322 g/mol. The maximum Gasteiger partial charge on any atom is 0.407 e. The first-order chi connectivity index (χ1) is 11.2. The van der Waals surface area contributed by atoms with Gasteiger partial charge < -0.3 is 15.2 Å². The minimum atomic E-state index is -0.349. The fraction of sp³-hybridized carbons (Fsp3) is 0.611. The molecule has 1 unspecified atom stereocenters. The van der Waals surface area contributed by atoms with Crippen LogP contribution in [-0.2, 0) is 11.3 Å². The van der Waals surface area contributed by atoms with E-state index in [4.69, 9.17) is 9.84 Å². The highest BCUT2D eigenvalue weighted by Crippen LogP contribution is 2.09. The number of nitrogens with one attached hydrogen (secondary N) is 2. The van der Waals surface area contributed by atoms with E-state index < -0.39 is 0 Å². The molecular formula is C18H30N2O3. The zero-order chi connectivity index (χ0) is 16.8. The molecule has 0 saturated carbocycles. The summed E-state index contributed by atoms with van der Waals surface area (Å²) in [5.74, 6) is 0.591. The summed E-state index contributed by atoms with van der Waals surface area (Å²) in [6, 6.07) is 9.66. The summed E-state index contributed by atoms with van der Waals surface area (Å²) in [5, 5.41) is 14.4. The maximum absolute atomic E-state index is 11.5. The molecule has 0 spiro atoms. The molecule has 1 aromatic carbocycles. The van der Waals surface area contributed by atoms with Gasteiger partial charge in [-0.1, -0.05) is 56.5 Å². The number of aliphatic hydroxyl groups excluding tert-OH is 1. The van der Waals surface area contributed by atoms with E-state index >= 15 is 0 Å². The number of hydrogen-bond acceptors (Lipinski definition) is 4. The topological polar surface area (TPSA) is 70.6 Å². The van der Waals surface area contributed by atoms with Crippen molar-refractivity contribution >= 4 is 6.09 Å². The van der Waals surface area contributed by atoms with E-state index in [1.165, 1.54) is 19.3 Å². The first-order valence-electron chi connectivity index (χ1n) is 8.48. The van der Waals surface area contributed by atoms with Crippen LogP contribution in [0.5, 0.6) is 0 Å². The average Bonchev–Trinajstić information content (AvgIpc) is 2.58. The second-order valence-electron chi connectivity index (χ2n) is 5.91. The number of amides is 1. The van der Waals surface area contributed by atoms with Crippen molar-refractivity contribution in [1.82, 2.24) is 10.6 Å². The molecule has 0 bridgehead atoms. The van der Waals surface area contributed by atoms with Crippen LogP contribution >= 0.6 is 0 Å². The molecule has 0 fully saturated rings. The summed E-state index contributed by atoms with van der Waals surface area (Å²) in [4.78, 5) is 11.5. The van der Waals surface area contributed by atoms with Crippen LogP contribution in [0.3, 0.4) is 0 Å². The summed E-state index contributed by atoms with van der Waals surface area (Å²) in [5.41, 5.74) is 0.993. The molecule has 1 rings (SSSR count). The van der Waals surface area contributed by atoms with Crippen LogP contribution in [0, 0.1) is 5.92 Å². The van der Waals surface area contributed by atoms with Crippen molar-refractivity contribution in [2.24, 2.45) is 5.92 Å². The van der Waals surface area contributed by atoms with Crippen molar-refractivity contribution in [2.45, 2.75) is 45.6 Å². The van der Waals surface area contributed by atoms with E-state index in [0.29, 0.717) is 19.1 Å². The summed E-state index contributed by atoms with van der Waals surface area (Å²) in [7, 11) is 0. The summed E-state index contributed by atoms with van der Waals surface area (Å²) in [6.07, 6.45) is 5.26. The highest BCUT2D eigenvalue weighted by molar-refractivity contribution is 5.67. The lowest BCUT2D eigenvalue weighted by Gasteiger charge is -2.11. The van der Waals surface area contributed by atoms with Crippen LogP contribution in [0.2, 0.25) is 0 Å². The molecule has 23 heavy (non-hydrogen) atoms. The molecule has 0 heterocycles. The van der Waals surface area contributed by atoms with Crippen molar-refractivity contribution < 1.29 is 14.6 Å². The van der Waals surface area contributed by atoms with Gasteiger partial charge in [-0.3, -0.25) is 5.32 Å². The van der Waals surface area contributed by atoms with Gasteiger partial charge in [0.1, 0.15) is 6.61 Å². The molecule has 5 heteroatoms. The molecule has 0 aromatic heterocycles. The van der Waals surface area contributed by atoms with Gasteiger partial charge in [-0.15, -0.1) is 0 Å². The first-order valence-corrected chi connectivity index (χ1v) is 8.48. The minimum absolute atomic E-state index is 0.0520. The number of carbonyl (C=O) groups is 1. The minimum Gasteiger partial charge on any atom is -0.445 e. The van der Waals surface area contributed by atoms with Crippen LogP contribution in [0.4, 0.5) is 4.79 Å². The monoisotopic (exact) mass is 322 g/mol. The third-order valence-electron chi connectivity index (χ3n) is 3.71. The van der Waals surface area contributed by atoms with Gasteiger partial charge in [0.05, 0.1) is 6.73 Å². The van der Waals surface area contributed by atoms with Gasteiger partial charge in [0.25, 0.3) is 0 Å². The Kier molecular flexibility index (Phi) is 10.9. The molecule has 1 aromatic rings. The molecule has 3 N–H and O–H groups in total. The van der Waals surface area contributed by atoms with Crippen LogP contribution in [-0.4, -0.2) is 31.0 Å². The van der Waals surface area contributed by atoms with E-state index in [1.807, 2.05) is 30.3 Å². The molecule has 0 saturated heterocycles. The summed E-state index contributed by atoms with van der Waals surface area (Å²) < 4.78 is 5.15. The highest BCUT2D eigenvalue weighted by atomic mass is 16.5. The molecule has 0 radical (unpaired) electrons. The van der Waals surface area contributed by atoms with Crippen LogP contribution < -0.4 is 10.6 Å². The van der Waals surface area contributed by atoms with Gasteiger partial charge in [0.2, 0.25) is 0 Å². The highest BCUT2D eigenvalue weighted by Gasteiger charge is 2.03. The predicted octanol–water partition coefficient (Wildman–Crippen LogP) is 3.04. The van der Waals surface area contributed by atoms with Gasteiger partial charge >= 0.3 is 6.09 Å². The smallest absolute Gasteiger partial charge is 0.407 e. The zero-order valence-electron chi connectivity index (χ0n) is 14.1. The molecule has 1 amide bonds. The number of alkyl carbamates (subject to hydrolysis) is 1. The number of ether oxygens (including phenoxy) is 1. The van der Waals surface area contributed by atoms with Crippen molar-refractivity contribution in [3.63, 3.8) is 0 Å². The van der Waals surface area contributed by atoms with Crippen molar-refractivity contribution in [3.8, 4) is 0 Å². The number of rotatable bonds is 12. The predicted molar refractivity (Wildman–Crippen MR) is 92.0 cm³/mol. The van der Waals surface area contributed by atoms with E-state index in [0.717, 1.165) is 24.9 Å². The Morgan fingerprint density at radius 3 is 2.65 bits per heavy atom. The lowest BCUT2D eigenvalue weighted by atomic mass is 10.0. The van der Waals surface area contributed by atoms with Crippen molar-refractivity contribution in [3.05, 3.63) is 35.9 Å². The Bertz CT molecular complexity index is 412. The quantitative estimate of drug-likeness (QED) is 0.409. The Hall–Kier alpha value is -1.59. The van der Waals surface area contributed by atoms with Crippen molar-refractivity contribution in [2.75, 3.05) is 19.8 Å². The van der Waals surface area contributed by atoms with Gasteiger partial charge in [-0.2, -0.15) is 0 Å². The second kappa shape index (κ2) is 12.9. The van der Waals surface area contributed by atoms with Crippen LogP contribution in [0.25, 0.3) is 0 Å². The fourth-order valence-electron chi connectivity index (χ4n) is 2.35.